The van der Waals surface area contributed by atoms with E-state index in [0.29, 0.717) is 0 Å². The van der Waals surface area contributed by atoms with Crippen LogP contribution in [-0.4, -0.2) is 34.0 Å². The van der Waals surface area contributed by atoms with Gasteiger partial charge in [-0.3, -0.25) is 4.98 Å². The van der Waals surface area contributed by atoms with Crippen LogP contribution in [0.5, 0.6) is 0 Å². The van der Waals surface area contributed by atoms with Gasteiger partial charge < -0.3 is 9.88 Å². The number of hydrogen-bond acceptors (Lipinski definition) is 4. The maximum Gasteiger partial charge on any atom is 0.147 e. The molecule has 0 aliphatic carbocycles. The summed E-state index contributed by atoms with van der Waals surface area (Å²) in [6.07, 6.45) is 6.78. The van der Waals surface area contributed by atoms with Crippen LogP contribution < -0.4 is 4.90 Å². The van der Waals surface area contributed by atoms with Crippen LogP contribution in [0.1, 0.15) is 0 Å². The van der Waals surface area contributed by atoms with Crippen molar-refractivity contribution in [2.45, 2.75) is 0 Å². The third-order valence-electron chi connectivity index (χ3n) is 1.85. The van der Waals surface area contributed by atoms with Crippen molar-refractivity contribution >= 4 is 5.82 Å². The molecule has 0 amide bonds. The predicted octanol–water partition coefficient (Wildman–Crippen LogP) is 0.933. The third-order valence-corrected chi connectivity index (χ3v) is 1.85. The summed E-state index contributed by atoms with van der Waals surface area (Å²) in [5, 5.41) is 0. The Morgan fingerprint density at radius 3 is 2.64 bits per heavy atom. The quantitative estimate of drug-likeness (QED) is 0.763. The van der Waals surface area contributed by atoms with Crippen molar-refractivity contribution in [1.82, 2.24) is 19.9 Å². The average Bonchev–Trinajstić information content (AvgIpc) is 2.71. The highest BCUT2D eigenvalue weighted by Crippen LogP contribution is 2.14. The number of imidazole rings is 1. The molecule has 72 valence electrons. The highest BCUT2D eigenvalue weighted by Gasteiger charge is 2.03. The van der Waals surface area contributed by atoms with Crippen LogP contribution in [0, 0.1) is 0 Å². The van der Waals surface area contributed by atoms with E-state index in [4.69, 9.17) is 0 Å². The lowest BCUT2D eigenvalue weighted by Crippen LogP contribution is -2.11. The van der Waals surface area contributed by atoms with Gasteiger partial charge in [0.25, 0.3) is 0 Å². The lowest BCUT2D eigenvalue weighted by atomic mass is 10.3. The molecule has 1 N–H and O–H groups in total. The second kappa shape index (κ2) is 3.45. The van der Waals surface area contributed by atoms with E-state index >= 15 is 0 Å². The monoisotopic (exact) mass is 189 g/mol. The van der Waals surface area contributed by atoms with E-state index in [2.05, 4.69) is 19.9 Å². The largest absolute Gasteiger partial charge is 0.361 e. The molecule has 0 bridgehead atoms. The molecule has 0 radical (unpaired) electrons. The zero-order valence-electron chi connectivity index (χ0n) is 8.10. The van der Waals surface area contributed by atoms with Gasteiger partial charge in [0.2, 0.25) is 0 Å². The van der Waals surface area contributed by atoms with Gasteiger partial charge in [-0.25, -0.2) is 9.97 Å². The minimum atomic E-state index is 0.800. The molecule has 2 aromatic rings. The molecule has 5 nitrogen and oxygen atoms in total. The van der Waals surface area contributed by atoms with E-state index in [1.165, 1.54) is 0 Å². The van der Waals surface area contributed by atoms with Crippen LogP contribution in [0.2, 0.25) is 0 Å². The van der Waals surface area contributed by atoms with Gasteiger partial charge in [0, 0.05) is 14.1 Å². The second-order valence-corrected chi connectivity index (χ2v) is 3.12. The Morgan fingerprint density at radius 1 is 1.14 bits per heavy atom. The van der Waals surface area contributed by atoms with Crippen molar-refractivity contribution in [3.63, 3.8) is 0 Å². The zero-order valence-corrected chi connectivity index (χ0v) is 8.10. The molecule has 2 rings (SSSR count). The molecule has 5 heteroatoms. The first kappa shape index (κ1) is 8.68. The smallest absolute Gasteiger partial charge is 0.147 e. The molecule has 0 saturated heterocycles. The molecule has 0 aliphatic heterocycles. The number of anilines is 1. The maximum absolute atomic E-state index is 4.41. The van der Waals surface area contributed by atoms with Crippen molar-refractivity contribution < 1.29 is 0 Å². The summed E-state index contributed by atoms with van der Waals surface area (Å²) >= 11 is 0. The first-order valence-corrected chi connectivity index (χ1v) is 4.25. The first-order valence-electron chi connectivity index (χ1n) is 4.25. The van der Waals surface area contributed by atoms with Gasteiger partial charge in [-0.15, -0.1) is 0 Å². The molecule has 0 aromatic carbocycles. The van der Waals surface area contributed by atoms with Crippen LogP contribution in [0.4, 0.5) is 5.82 Å². The summed E-state index contributed by atoms with van der Waals surface area (Å²) in [4.78, 5) is 17.3. The Balaban J connectivity index is 2.41. The number of rotatable bonds is 2. The Morgan fingerprint density at radius 2 is 2.00 bits per heavy atom. The molecule has 2 aromatic heterocycles. The molecule has 14 heavy (non-hydrogen) atoms. The molecular weight excluding hydrogens is 178 g/mol. The zero-order chi connectivity index (χ0) is 9.97. The van der Waals surface area contributed by atoms with Gasteiger partial charge in [-0.1, -0.05) is 0 Å². The van der Waals surface area contributed by atoms with Crippen LogP contribution in [0.3, 0.4) is 0 Å². The molecule has 0 saturated carbocycles. The Hall–Kier alpha value is -1.91. The maximum atomic E-state index is 4.41. The van der Waals surface area contributed by atoms with Gasteiger partial charge in [-0.05, 0) is 0 Å². The second-order valence-electron chi connectivity index (χ2n) is 3.12. The predicted molar refractivity (Wildman–Crippen MR) is 53.9 cm³/mol. The molecule has 0 fully saturated rings. The van der Waals surface area contributed by atoms with Crippen LogP contribution in [0.15, 0.2) is 24.9 Å². The summed E-state index contributed by atoms with van der Waals surface area (Å²) in [6.45, 7) is 0. The lowest BCUT2D eigenvalue weighted by Gasteiger charge is -2.10. The van der Waals surface area contributed by atoms with E-state index in [0.717, 1.165) is 17.2 Å². The van der Waals surface area contributed by atoms with E-state index < -0.39 is 0 Å². The topological polar surface area (TPSA) is 57.7 Å². The van der Waals surface area contributed by atoms with Crippen LogP contribution in [-0.2, 0) is 0 Å². The molecule has 0 atom stereocenters. The number of H-pyrrole nitrogens is 1. The average molecular weight is 189 g/mol. The van der Waals surface area contributed by atoms with Crippen molar-refractivity contribution in [2.24, 2.45) is 0 Å². The normalized spacial score (nSPS) is 10.1. The highest BCUT2D eigenvalue weighted by atomic mass is 15.1. The van der Waals surface area contributed by atoms with E-state index in [1.54, 1.807) is 24.9 Å². The van der Waals surface area contributed by atoms with Crippen molar-refractivity contribution in [3.05, 3.63) is 24.9 Å². The SMILES string of the molecule is CN(C)c1cncc(-c2cnc[nH]2)n1. The van der Waals surface area contributed by atoms with Gasteiger partial charge in [0.1, 0.15) is 11.5 Å². The summed E-state index contributed by atoms with van der Waals surface area (Å²) < 4.78 is 0. The molecule has 0 unspecified atom stereocenters. The van der Waals surface area contributed by atoms with Gasteiger partial charge in [-0.2, -0.15) is 0 Å². The van der Waals surface area contributed by atoms with Gasteiger partial charge in [0.15, 0.2) is 0 Å². The first-order chi connectivity index (χ1) is 6.77. The molecule has 0 aliphatic rings. The standard InChI is InChI=1S/C9H11N5/c1-14(2)9-5-10-4-8(13-9)7-3-11-6-12-7/h3-6H,1-2H3,(H,11,12). The number of nitrogens with one attached hydrogen (secondary N) is 1. The molecular formula is C9H11N5. The number of aromatic amines is 1. The molecule has 2 heterocycles. The lowest BCUT2D eigenvalue weighted by molar-refractivity contribution is 1.04. The Labute approximate surface area is 81.8 Å². The number of aromatic nitrogens is 4. The van der Waals surface area contributed by atoms with Gasteiger partial charge in [0.05, 0.1) is 30.6 Å². The van der Waals surface area contributed by atoms with Crippen molar-refractivity contribution in [3.8, 4) is 11.4 Å². The molecule has 0 spiro atoms. The summed E-state index contributed by atoms with van der Waals surface area (Å²) in [5.74, 6) is 0.831. The fourth-order valence-corrected chi connectivity index (χ4v) is 1.10. The fraction of sp³-hybridized carbons (Fsp3) is 0.222. The fourth-order valence-electron chi connectivity index (χ4n) is 1.10. The number of hydrogen-bond donors (Lipinski definition) is 1. The van der Waals surface area contributed by atoms with Crippen LogP contribution >= 0.6 is 0 Å². The Bertz CT molecular complexity index is 407. The van der Waals surface area contributed by atoms with Crippen molar-refractivity contribution in [1.29, 1.82) is 0 Å². The summed E-state index contributed by atoms with van der Waals surface area (Å²) in [7, 11) is 3.86. The number of nitrogens with zero attached hydrogens (tertiary/aromatic N) is 4. The minimum Gasteiger partial charge on any atom is -0.361 e. The van der Waals surface area contributed by atoms with E-state index in [1.807, 2.05) is 19.0 Å². The van der Waals surface area contributed by atoms with Gasteiger partial charge >= 0.3 is 0 Å². The Kier molecular flexibility index (Phi) is 2.14. The van der Waals surface area contributed by atoms with E-state index in [-0.39, 0.29) is 0 Å². The third kappa shape index (κ3) is 1.56. The van der Waals surface area contributed by atoms with Crippen LogP contribution in [0.25, 0.3) is 11.4 Å². The summed E-state index contributed by atoms with van der Waals surface area (Å²) in [6, 6.07) is 0. The van der Waals surface area contributed by atoms with Crippen molar-refractivity contribution in [2.75, 3.05) is 19.0 Å². The minimum absolute atomic E-state index is 0.800. The summed E-state index contributed by atoms with van der Waals surface area (Å²) in [5.41, 5.74) is 1.68. The van der Waals surface area contributed by atoms with E-state index in [9.17, 15) is 0 Å². The highest BCUT2D eigenvalue weighted by molar-refractivity contribution is 5.54.